The van der Waals surface area contributed by atoms with Crippen LogP contribution in [-0.4, -0.2) is 130 Å². The summed E-state index contributed by atoms with van der Waals surface area (Å²) < 4.78 is 10.8. The lowest BCUT2D eigenvalue weighted by Gasteiger charge is -2.35. The van der Waals surface area contributed by atoms with Crippen molar-refractivity contribution in [1.82, 2.24) is 39.7 Å². The van der Waals surface area contributed by atoms with E-state index in [1.807, 2.05) is 55.6 Å². The second-order valence-corrected chi connectivity index (χ2v) is 17.9. The van der Waals surface area contributed by atoms with Crippen LogP contribution >= 0.6 is 11.6 Å². The van der Waals surface area contributed by atoms with E-state index >= 15 is 0 Å². The van der Waals surface area contributed by atoms with E-state index in [-0.39, 0.29) is 31.8 Å². The number of aldehydes is 1. The molecule has 2 atom stereocenters. The van der Waals surface area contributed by atoms with E-state index in [1.165, 1.54) is 41.5 Å². The maximum absolute atomic E-state index is 13.1. The van der Waals surface area contributed by atoms with Gasteiger partial charge in [-0.15, -0.1) is 0 Å². The Bertz CT molecular complexity index is 2730. The number of ether oxygens (including phenoxy) is 1. The number of halogens is 1. The van der Waals surface area contributed by atoms with Crippen LogP contribution in [0.25, 0.3) is 32.8 Å². The van der Waals surface area contributed by atoms with Crippen LogP contribution in [0.2, 0.25) is 5.02 Å². The second-order valence-electron chi connectivity index (χ2n) is 17.5. The van der Waals surface area contributed by atoms with Crippen molar-refractivity contribution in [3.8, 4) is 16.9 Å². The van der Waals surface area contributed by atoms with Gasteiger partial charge < -0.3 is 34.7 Å². The third-order valence-electron chi connectivity index (χ3n) is 12.7. The number of benzene rings is 3. The number of likely N-dealkylation sites (N-methyl/N-ethyl adjacent to an activating group) is 1. The molecule has 0 radical (unpaired) electrons. The van der Waals surface area contributed by atoms with Crippen LogP contribution < -0.4 is 15.4 Å². The van der Waals surface area contributed by atoms with Crippen LogP contribution in [-0.2, 0) is 48.8 Å². The number of aryl methyl sites for hydroxylation is 3. The highest BCUT2D eigenvalue weighted by atomic mass is 35.5. The van der Waals surface area contributed by atoms with Gasteiger partial charge in [-0.05, 0) is 82.0 Å². The largest absolute Gasteiger partial charge is 0.493 e. The Labute approximate surface area is 442 Å². The molecule has 3 N–H and O–H groups in total. The Morgan fingerprint density at radius 3 is 2.22 bits per heavy atom. The highest BCUT2D eigenvalue weighted by molar-refractivity contribution is 6.35. The van der Waals surface area contributed by atoms with Crippen molar-refractivity contribution in [3.05, 3.63) is 119 Å². The van der Waals surface area contributed by atoms with E-state index < -0.39 is 17.9 Å². The zero-order valence-electron chi connectivity index (χ0n) is 45.0. The summed E-state index contributed by atoms with van der Waals surface area (Å²) in [4.78, 5) is 69.8. The van der Waals surface area contributed by atoms with E-state index in [0.29, 0.717) is 38.3 Å². The monoisotopic (exact) mass is 1040 g/mol. The molecular weight excluding hydrogens is 960 g/mol. The molecule has 1 saturated heterocycles. The zero-order valence-corrected chi connectivity index (χ0v) is 45.7. The molecule has 74 heavy (non-hydrogen) atoms. The summed E-state index contributed by atoms with van der Waals surface area (Å²) in [5.74, 6) is 0.373. The topological polar surface area (TPSA) is 188 Å². The van der Waals surface area contributed by atoms with Crippen molar-refractivity contribution in [2.75, 3.05) is 52.9 Å². The Kier molecular flexibility index (Phi) is 26.1. The lowest BCUT2D eigenvalue weighted by molar-refractivity contribution is -0.145. The highest BCUT2D eigenvalue weighted by Crippen LogP contribution is 2.42. The number of carbonyl (C=O) groups is 6. The van der Waals surface area contributed by atoms with Crippen molar-refractivity contribution in [3.63, 3.8) is 0 Å². The number of carbonyl (C=O) groups excluding carboxylic acids is 5. The first-order chi connectivity index (χ1) is 35.6. The number of imide groups is 1. The third kappa shape index (κ3) is 16.7. The molecule has 1 fully saturated rings. The van der Waals surface area contributed by atoms with Gasteiger partial charge in [0.1, 0.15) is 18.1 Å². The van der Waals surface area contributed by atoms with E-state index in [0.717, 1.165) is 88.3 Å². The van der Waals surface area contributed by atoms with E-state index in [9.17, 15) is 24.0 Å². The highest BCUT2D eigenvalue weighted by Gasteiger charge is 2.27. The van der Waals surface area contributed by atoms with Gasteiger partial charge in [0.25, 0.3) is 6.47 Å². The summed E-state index contributed by atoms with van der Waals surface area (Å²) in [6.07, 6.45) is 11.2. The van der Waals surface area contributed by atoms with Gasteiger partial charge in [-0.2, -0.15) is 5.10 Å². The molecule has 3 aromatic carbocycles. The first-order valence-electron chi connectivity index (χ1n) is 25.2. The summed E-state index contributed by atoms with van der Waals surface area (Å²) in [5.41, 5.74) is 8.72. The van der Waals surface area contributed by atoms with Gasteiger partial charge in [0.15, 0.2) is 0 Å². The first kappa shape index (κ1) is 61.3. The van der Waals surface area contributed by atoms with Crippen molar-refractivity contribution in [2.24, 2.45) is 13.0 Å². The molecular formula is C57H77ClN8O8. The van der Waals surface area contributed by atoms with Gasteiger partial charge in [-0.1, -0.05) is 99.6 Å². The van der Waals surface area contributed by atoms with Gasteiger partial charge >= 0.3 is 0 Å². The second kappa shape index (κ2) is 31.5. The Balaban J connectivity index is 0.000000614. The van der Waals surface area contributed by atoms with Gasteiger partial charge in [-0.3, -0.25) is 38.5 Å². The Morgan fingerprint density at radius 1 is 0.932 bits per heavy atom. The smallest absolute Gasteiger partial charge is 0.290 e. The van der Waals surface area contributed by atoms with Gasteiger partial charge in [0.05, 0.1) is 29.4 Å². The number of piperazine rings is 1. The number of nitrogens with zero attached hydrogens (tertiary/aromatic N) is 6. The number of nitrogens with one attached hydrogen (secondary N) is 2. The molecule has 4 amide bonds. The van der Waals surface area contributed by atoms with E-state index in [1.54, 1.807) is 0 Å². The molecule has 17 heteroatoms. The summed E-state index contributed by atoms with van der Waals surface area (Å²) >= 11 is 7.12. The van der Waals surface area contributed by atoms with Crippen molar-refractivity contribution < 1.29 is 38.6 Å². The molecule has 5 aromatic rings. The summed E-state index contributed by atoms with van der Waals surface area (Å²) in [5, 5.41) is 21.5. The van der Waals surface area contributed by atoms with Gasteiger partial charge in [0.2, 0.25) is 24.1 Å². The molecule has 2 unspecified atom stereocenters. The van der Waals surface area contributed by atoms with Crippen LogP contribution in [0.15, 0.2) is 91.2 Å². The number of aromatic nitrogens is 3. The SMILES string of the molecule is C=C(C=CC(C)/C=C\C)NCC(=O)N1CCN(CCn2c(C)c(CCCOc3cccc4ccccc34)c3ccc(Cl)c(-c4c(C)nn(C)c4C)c32)CC1.CC.CNC(=O)C(CCC=O)N(C=O)C(C)=O.O=CO. The van der Waals surface area contributed by atoms with Crippen molar-refractivity contribution in [2.45, 2.75) is 93.7 Å². The van der Waals surface area contributed by atoms with Crippen molar-refractivity contribution >= 4 is 70.2 Å². The maximum Gasteiger partial charge on any atom is 0.290 e. The molecule has 3 heterocycles. The minimum atomic E-state index is -0.907. The predicted molar refractivity (Wildman–Crippen MR) is 296 cm³/mol. The number of hydrogen-bond acceptors (Lipinski definition) is 10. The molecule has 0 aliphatic carbocycles. The van der Waals surface area contributed by atoms with Crippen LogP contribution in [0.1, 0.15) is 76.5 Å². The molecule has 1 aliphatic heterocycles. The fourth-order valence-corrected chi connectivity index (χ4v) is 9.20. The molecule has 2 aromatic heterocycles. The fourth-order valence-electron chi connectivity index (χ4n) is 8.95. The Hall–Kier alpha value is -7.04. The lowest BCUT2D eigenvalue weighted by atomic mass is 9.98. The number of amides is 4. The normalized spacial score (nSPS) is 13.1. The number of rotatable bonds is 21. The van der Waals surface area contributed by atoms with Crippen LogP contribution in [0, 0.1) is 26.7 Å². The molecule has 6 rings (SSSR count). The molecule has 1 aliphatic rings. The lowest BCUT2D eigenvalue weighted by Crippen LogP contribution is -2.51. The van der Waals surface area contributed by atoms with Gasteiger partial charge in [0, 0.05) is 106 Å². The number of carboxylic acid groups (broad SMARTS) is 1. The summed E-state index contributed by atoms with van der Waals surface area (Å²) in [7, 11) is 3.39. The van der Waals surface area contributed by atoms with Crippen LogP contribution in [0.5, 0.6) is 5.75 Å². The molecule has 400 valence electrons. The molecule has 0 saturated carbocycles. The summed E-state index contributed by atoms with van der Waals surface area (Å²) in [6, 6.07) is 17.9. The Morgan fingerprint density at radius 2 is 1.61 bits per heavy atom. The standard InChI is InChI=1S/C45H55ClN6O2.C9H14N2O4.C2H6.CH2O2/c1-8-13-31(2)19-20-32(3)47-30-42(53)51-26-23-50(24-27-51)25-28-52-34(5)37(17-12-29-54-41-18-11-15-36-14-9-10-16-38(36)41)39-21-22-40(46)44(45(39)52)43-33(4)48-49(7)35(43)6;1-7(14)11(6-13)8(4-3-5-12)9(15)10-2;1-2;2-1-3/h8-11,13-16,18-22,31,47H,3,12,17,23-30H2,1-2,4-7H3;5-6,8H,3-4H2,1-2H3,(H,10,15);1-2H3;1H,(H,2,3)/b13-8-,20-19?;;;. The minimum Gasteiger partial charge on any atom is -0.493 e. The average molecular weight is 1040 g/mol. The quantitative estimate of drug-likeness (QED) is 0.0276. The van der Waals surface area contributed by atoms with E-state index in [2.05, 4.69) is 115 Å². The number of hydrogen-bond donors (Lipinski definition) is 3. The number of allylic oxidation sites excluding steroid dienone is 4. The van der Waals surface area contributed by atoms with Crippen molar-refractivity contribution in [1.29, 1.82) is 0 Å². The van der Waals surface area contributed by atoms with Crippen LogP contribution in [0.4, 0.5) is 0 Å². The first-order valence-corrected chi connectivity index (χ1v) is 25.6. The van der Waals surface area contributed by atoms with Gasteiger partial charge in [-0.25, -0.2) is 0 Å². The molecule has 16 nitrogen and oxygen atoms in total. The summed E-state index contributed by atoms with van der Waals surface area (Å²) in [6.45, 7) is 25.2. The maximum atomic E-state index is 13.1. The molecule has 0 bridgehead atoms. The average Bonchev–Trinajstić information content (AvgIpc) is 3.82. The fraction of sp³-hybridized carbons (Fsp3) is 0.421. The zero-order chi connectivity index (χ0) is 54.9. The predicted octanol–water partition coefficient (Wildman–Crippen LogP) is 8.61. The third-order valence-corrected chi connectivity index (χ3v) is 13.1. The van der Waals surface area contributed by atoms with E-state index in [4.69, 9.17) is 31.3 Å². The number of fused-ring (bicyclic) bond motifs is 2. The minimum absolute atomic E-state index is 0.105. The molecule has 0 spiro atoms. The van der Waals surface area contributed by atoms with Crippen LogP contribution in [0.3, 0.4) is 0 Å².